The molecule has 1 fully saturated rings. The normalized spacial score (nSPS) is 21.9. The number of ether oxygens (including phenoxy) is 1. The number of nitrogens with zero attached hydrogens (tertiary/aromatic N) is 1. The van der Waals surface area contributed by atoms with E-state index in [1.165, 1.54) is 13.2 Å². The number of amides is 2. The van der Waals surface area contributed by atoms with E-state index >= 15 is 0 Å². The highest BCUT2D eigenvalue weighted by Crippen LogP contribution is 2.25. The molecule has 24 heavy (non-hydrogen) atoms. The summed E-state index contributed by atoms with van der Waals surface area (Å²) in [5, 5.41) is 12.9. The van der Waals surface area contributed by atoms with E-state index in [2.05, 4.69) is 5.32 Å². The molecule has 6 heteroatoms. The van der Waals surface area contributed by atoms with Crippen LogP contribution >= 0.6 is 0 Å². The standard InChI is InChI=1S/C18H27FN2O3/c1-12(13-8-9-15(19)17(10-13)24-3)20-18(23)21(2)11-14-6-4-5-7-16(14)22/h8-10,12,14,16,22H,4-7,11H2,1-3H3,(H,20,23)/t12-,14+,16+/m0/s1. The Morgan fingerprint density at radius 3 is 2.83 bits per heavy atom. The Morgan fingerprint density at radius 1 is 1.46 bits per heavy atom. The van der Waals surface area contributed by atoms with Gasteiger partial charge >= 0.3 is 6.03 Å². The van der Waals surface area contributed by atoms with Gasteiger partial charge in [-0.15, -0.1) is 0 Å². The van der Waals surface area contributed by atoms with Gasteiger partial charge in [0, 0.05) is 19.5 Å². The van der Waals surface area contributed by atoms with E-state index in [1.54, 1.807) is 24.1 Å². The van der Waals surface area contributed by atoms with Crippen molar-refractivity contribution >= 4 is 6.03 Å². The van der Waals surface area contributed by atoms with Gasteiger partial charge in [-0.3, -0.25) is 0 Å². The summed E-state index contributed by atoms with van der Waals surface area (Å²) in [7, 11) is 3.14. The first-order valence-corrected chi connectivity index (χ1v) is 8.45. The Morgan fingerprint density at radius 2 is 2.17 bits per heavy atom. The monoisotopic (exact) mass is 338 g/mol. The Kier molecular flexibility index (Phi) is 6.43. The van der Waals surface area contributed by atoms with Crippen molar-refractivity contribution in [3.8, 4) is 5.75 Å². The lowest BCUT2D eigenvalue weighted by molar-refractivity contribution is 0.0563. The molecule has 0 aliphatic heterocycles. The van der Waals surface area contributed by atoms with Crippen molar-refractivity contribution in [1.82, 2.24) is 10.2 Å². The molecule has 0 saturated heterocycles. The van der Waals surface area contributed by atoms with Crippen molar-refractivity contribution in [1.29, 1.82) is 0 Å². The number of aliphatic hydroxyl groups is 1. The van der Waals surface area contributed by atoms with Crippen LogP contribution in [0.5, 0.6) is 5.75 Å². The van der Waals surface area contributed by atoms with E-state index in [9.17, 15) is 14.3 Å². The smallest absolute Gasteiger partial charge is 0.317 e. The number of carbonyl (C=O) groups is 1. The average molecular weight is 338 g/mol. The zero-order valence-corrected chi connectivity index (χ0v) is 14.6. The zero-order valence-electron chi connectivity index (χ0n) is 14.6. The van der Waals surface area contributed by atoms with Gasteiger partial charge in [0.05, 0.1) is 19.3 Å². The van der Waals surface area contributed by atoms with Gasteiger partial charge in [0.1, 0.15) is 0 Å². The zero-order chi connectivity index (χ0) is 17.7. The summed E-state index contributed by atoms with van der Waals surface area (Å²) in [6.07, 6.45) is 3.59. The fourth-order valence-electron chi connectivity index (χ4n) is 3.16. The van der Waals surface area contributed by atoms with Crippen LogP contribution in [0, 0.1) is 11.7 Å². The van der Waals surface area contributed by atoms with Crippen LogP contribution in [0.1, 0.15) is 44.2 Å². The highest BCUT2D eigenvalue weighted by molar-refractivity contribution is 5.74. The summed E-state index contributed by atoms with van der Waals surface area (Å²) in [4.78, 5) is 14.0. The van der Waals surface area contributed by atoms with E-state index in [0.717, 1.165) is 31.2 Å². The number of rotatable bonds is 5. The molecule has 0 radical (unpaired) electrons. The van der Waals surface area contributed by atoms with Crippen LogP contribution in [-0.4, -0.2) is 42.8 Å². The molecule has 1 saturated carbocycles. The molecule has 0 aromatic heterocycles. The Bertz CT molecular complexity index is 567. The molecule has 1 aromatic rings. The summed E-state index contributed by atoms with van der Waals surface area (Å²) < 4.78 is 18.5. The van der Waals surface area contributed by atoms with E-state index in [-0.39, 0.29) is 29.8 Å². The summed E-state index contributed by atoms with van der Waals surface area (Å²) in [6, 6.07) is 4.08. The maximum absolute atomic E-state index is 13.5. The number of carbonyl (C=O) groups excluding carboxylic acids is 1. The molecule has 134 valence electrons. The third-order valence-electron chi connectivity index (χ3n) is 4.74. The van der Waals surface area contributed by atoms with Crippen LogP contribution in [0.4, 0.5) is 9.18 Å². The number of nitrogens with one attached hydrogen (secondary N) is 1. The van der Waals surface area contributed by atoms with Crippen molar-refractivity contribution in [2.75, 3.05) is 20.7 Å². The van der Waals surface area contributed by atoms with Crippen LogP contribution < -0.4 is 10.1 Å². The van der Waals surface area contributed by atoms with Gasteiger partial charge in [0.15, 0.2) is 11.6 Å². The number of urea groups is 1. The highest BCUT2D eigenvalue weighted by Gasteiger charge is 2.26. The first-order chi connectivity index (χ1) is 11.4. The van der Waals surface area contributed by atoms with Gasteiger partial charge in [-0.05, 0) is 37.5 Å². The molecule has 5 nitrogen and oxygen atoms in total. The lowest BCUT2D eigenvalue weighted by Crippen LogP contribution is -2.43. The number of benzene rings is 1. The molecule has 0 spiro atoms. The second-order valence-electron chi connectivity index (χ2n) is 6.56. The van der Waals surface area contributed by atoms with Crippen LogP contribution in [-0.2, 0) is 0 Å². The van der Waals surface area contributed by atoms with E-state index in [0.29, 0.717) is 6.54 Å². The van der Waals surface area contributed by atoms with Crippen LogP contribution in [0.25, 0.3) is 0 Å². The largest absolute Gasteiger partial charge is 0.494 e. The summed E-state index contributed by atoms with van der Waals surface area (Å²) in [6.45, 7) is 2.38. The number of hydrogen-bond donors (Lipinski definition) is 2. The van der Waals surface area contributed by atoms with E-state index in [4.69, 9.17) is 4.74 Å². The maximum atomic E-state index is 13.5. The molecule has 2 amide bonds. The Labute approximate surface area is 142 Å². The van der Waals surface area contributed by atoms with E-state index in [1.807, 2.05) is 6.92 Å². The minimum absolute atomic E-state index is 0.135. The Hall–Kier alpha value is -1.82. The van der Waals surface area contributed by atoms with Gasteiger partial charge in [0.2, 0.25) is 0 Å². The maximum Gasteiger partial charge on any atom is 0.317 e. The molecular formula is C18H27FN2O3. The molecule has 3 atom stereocenters. The topological polar surface area (TPSA) is 61.8 Å². The molecule has 1 aliphatic carbocycles. The molecule has 0 unspecified atom stereocenters. The van der Waals surface area contributed by atoms with Crippen molar-refractivity contribution in [2.45, 2.75) is 44.8 Å². The van der Waals surface area contributed by atoms with Gasteiger partial charge in [-0.1, -0.05) is 18.9 Å². The molecule has 0 heterocycles. The van der Waals surface area contributed by atoms with Crippen molar-refractivity contribution in [2.24, 2.45) is 5.92 Å². The molecular weight excluding hydrogens is 311 g/mol. The molecule has 2 N–H and O–H groups in total. The first kappa shape index (κ1) is 18.5. The predicted octanol–water partition coefficient (Wildman–Crippen LogP) is 3.09. The van der Waals surface area contributed by atoms with Gasteiger partial charge in [0.25, 0.3) is 0 Å². The van der Waals surface area contributed by atoms with Crippen molar-refractivity contribution in [3.63, 3.8) is 0 Å². The quantitative estimate of drug-likeness (QED) is 0.867. The van der Waals surface area contributed by atoms with Gasteiger partial charge in [-0.2, -0.15) is 0 Å². The van der Waals surface area contributed by atoms with Crippen molar-refractivity contribution < 1.29 is 19.0 Å². The number of halogens is 1. The fraction of sp³-hybridized carbons (Fsp3) is 0.611. The van der Waals surface area contributed by atoms with Gasteiger partial charge < -0.3 is 20.1 Å². The SMILES string of the molecule is COc1cc([C@H](C)NC(=O)N(C)C[C@H]2CCCC[C@H]2O)ccc1F. The summed E-state index contributed by atoms with van der Waals surface area (Å²) >= 11 is 0. The molecule has 2 rings (SSSR count). The number of hydrogen-bond acceptors (Lipinski definition) is 3. The second-order valence-corrected chi connectivity index (χ2v) is 6.56. The summed E-state index contributed by atoms with van der Waals surface area (Å²) in [5.41, 5.74) is 0.771. The third-order valence-corrected chi connectivity index (χ3v) is 4.74. The molecule has 1 aromatic carbocycles. The highest BCUT2D eigenvalue weighted by atomic mass is 19.1. The first-order valence-electron chi connectivity index (χ1n) is 8.45. The third kappa shape index (κ3) is 4.60. The lowest BCUT2D eigenvalue weighted by Gasteiger charge is -2.31. The van der Waals surface area contributed by atoms with Crippen LogP contribution in [0.2, 0.25) is 0 Å². The summed E-state index contributed by atoms with van der Waals surface area (Å²) in [5.74, 6) is -0.133. The van der Waals surface area contributed by atoms with E-state index < -0.39 is 5.82 Å². The molecule has 0 bridgehead atoms. The second kappa shape index (κ2) is 8.33. The lowest BCUT2D eigenvalue weighted by atomic mass is 9.86. The fourth-order valence-corrected chi connectivity index (χ4v) is 3.16. The van der Waals surface area contributed by atoms with Gasteiger partial charge in [-0.25, -0.2) is 9.18 Å². The Balaban J connectivity index is 1.92. The number of methoxy groups -OCH3 is 1. The average Bonchev–Trinajstić information content (AvgIpc) is 2.57. The minimum atomic E-state index is -0.428. The number of aliphatic hydroxyl groups excluding tert-OH is 1. The van der Waals surface area contributed by atoms with Crippen molar-refractivity contribution in [3.05, 3.63) is 29.6 Å². The van der Waals surface area contributed by atoms with Crippen LogP contribution in [0.15, 0.2) is 18.2 Å². The van der Waals surface area contributed by atoms with Crippen LogP contribution in [0.3, 0.4) is 0 Å². The minimum Gasteiger partial charge on any atom is -0.494 e. The predicted molar refractivity (Wildman–Crippen MR) is 90.5 cm³/mol. The molecule has 1 aliphatic rings.